The number of halogens is 1. The van der Waals surface area contributed by atoms with E-state index in [0.29, 0.717) is 6.61 Å². The van der Waals surface area contributed by atoms with Crippen molar-refractivity contribution in [2.24, 2.45) is 0 Å². The smallest absolute Gasteiger partial charge is 0.111 e. The highest BCUT2D eigenvalue weighted by Gasteiger charge is 2.28. The summed E-state index contributed by atoms with van der Waals surface area (Å²) < 4.78 is 12.9. The van der Waals surface area contributed by atoms with Crippen LogP contribution in [0.2, 0.25) is 0 Å². The number of rotatable bonds is 5. The van der Waals surface area contributed by atoms with Gasteiger partial charge in [-0.3, -0.25) is 0 Å². The highest BCUT2D eigenvalue weighted by atomic mass is 79.9. The number of hydrogen-bond donors (Lipinski definition) is 1. The van der Waals surface area contributed by atoms with Gasteiger partial charge in [0.15, 0.2) is 0 Å². The first-order chi connectivity index (χ1) is 11.3. The zero-order valence-electron chi connectivity index (χ0n) is 12.6. The van der Waals surface area contributed by atoms with Crippen molar-refractivity contribution in [1.82, 2.24) is 0 Å². The number of ether oxygens (including phenoxy) is 2. The molecule has 2 aromatic rings. The largest absolute Gasteiger partial charge is 0.394 e. The van der Waals surface area contributed by atoms with Gasteiger partial charge in [-0.15, -0.1) is 0 Å². The fourth-order valence-corrected chi connectivity index (χ4v) is 3.05. The summed E-state index contributed by atoms with van der Waals surface area (Å²) in [4.78, 5) is 0. The minimum absolute atomic E-state index is 0.0726. The molecule has 0 fully saturated rings. The van der Waals surface area contributed by atoms with Crippen molar-refractivity contribution in [2.75, 3.05) is 6.61 Å². The zero-order chi connectivity index (χ0) is 16.1. The molecule has 4 heteroatoms. The van der Waals surface area contributed by atoms with Crippen molar-refractivity contribution < 1.29 is 14.6 Å². The summed E-state index contributed by atoms with van der Waals surface area (Å²) in [6.45, 7) is 0.404. The zero-order valence-corrected chi connectivity index (χ0v) is 14.2. The molecule has 0 unspecified atom stereocenters. The van der Waals surface area contributed by atoms with Crippen molar-refractivity contribution in [2.45, 2.75) is 24.9 Å². The second-order valence-electron chi connectivity index (χ2n) is 5.48. The molecule has 0 radical (unpaired) electrons. The lowest BCUT2D eigenvalue weighted by molar-refractivity contribution is -0.107. The van der Waals surface area contributed by atoms with Crippen molar-refractivity contribution in [3.05, 3.63) is 82.3 Å². The van der Waals surface area contributed by atoms with E-state index in [4.69, 9.17) is 9.47 Å². The Kier molecular flexibility index (Phi) is 5.62. The minimum Gasteiger partial charge on any atom is -0.394 e. The molecule has 0 saturated heterocycles. The number of aliphatic hydroxyl groups is 1. The molecule has 1 aliphatic rings. The van der Waals surface area contributed by atoms with Crippen LogP contribution in [0.1, 0.15) is 17.2 Å². The Labute approximate surface area is 144 Å². The quantitative estimate of drug-likeness (QED) is 0.803. The Morgan fingerprint density at radius 1 is 1.04 bits per heavy atom. The molecule has 0 aliphatic carbocycles. The first kappa shape index (κ1) is 16.4. The van der Waals surface area contributed by atoms with Crippen molar-refractivity contribution in [1.29, 1.82) is 0 Å². The van der Waals surface area contributed by atoms with Gasteiger partial charge in [0, 0.05) is 4.47 Å². The summed E-state index contributed by atoms with van der Waals surface area (Å²) in [5, 5.41) is 9.62. The van der Waals surface area contributed by atoms with Crippen LogP contribution >= 0.6 is 15.9 Å². The summed E-state index contributed by atoms with van der Waals surface area (Å²) in [6, 6.07) is 18.0. The van der Waals surface area contributed by atoms with Crippen LogP contribution in [0.25, 0.3) is 0 Å². The normalized spacial score (nSPS) is 23.8. The van der Waals surface area contributed by atoms with E-state index < -0.39 is 0 Å². The van der Waals surface area contributed by atoms with Crippen LogP contribution in [0.4, 0.5) is 0 Å². The molecule has 1 N–H and O–H groups in total. The van der Waals surface area contributed by atoms with Crippen LogP contribution in [0.15, 0.2) is 71.2 Å². The summed E-state index contributed by atoms with van der Waals surface area (Å²) in [5.74, 6) is 0. The Morgan fingerprint density at radius 2 is 1.87 bits per heavy atom. The summed E-state index contributed by atoms with van der Waals surface area (Å²) in [7, 11) is 0. The minimum atomic E-state index is -0.364. The second-order valence-corrected chi connectivity index (χ2v) is 6.39. The Balaban J connectivity index is 1.66. The third-order valence-corrected chi connectivity index (χ3v) is 4.30. The highest BCUT2D eigenvalue weighted by Crippen LogP contribution is 2.27. The first-order valence-corrected chi connectivity index (χ1v) is 8.41. The molecule has 0 amide bonds. The van der Waals surface area contributed by atoms with Gasteiger partial charge in [0.2, 0.25) is 0 Å². The van der Waals surface area contributed by atoms with E-state index in [1.807, 2.05) is 66.7 Å². The Hall–Kier alpha value is -1.46. The van der Waals surface area contributed by atoms with E-state index in [9.17, 15) is 5.11 Å². The van der Waals surface area contributed by atoms with Gasteiger partial charge >= 0.3 is 0 Å². The number of hydrogen-bond acceptors (Lipinski definition) is 3. The van der Waals surface area contributed by atoms with Gasteiger partial charge in [0.25, 0.3) is 0 Å². The summed E-state index contributed by atoms with van der Waals surface area (Å²) in [6.07, 6.45) is 3.22. The van der Waals surface area contributed by atoms with Gasteiger partial charge in [-0.1, -0.05) is 70.5 Å². The molecule has 120 valence electrons. The fraction of sp³-hybridized carbons (Fsp3) is 0.263. The van der Waals surface area contributed by atoms with Gasteiger partial charge in [-0.2, -0.15) is 0 Å². The lowest BCUT2D eigenvalue weighted by Gasteiger charge is -2.31. The predicted molar refractivity (Wildman–Crippen MR) is 93.0 cm³/mol. The second kappa shape index (κ2) is 7.88. The third-order valence-electron chi connectivity index (χ3n) is 3.80. The highest BCUT2D eigenvalue weighted by molar-refractivity contribution is 9.10. The lowest BCUT2D eigenvalue weighted by atomic mass is 10.0. The molecule has 0 bridgehead atoms. The van der Waals surface area contributed by atoms with Crippen molar-refractivity contribution in [3.63, 3.8) is 0 Å². The van der Waals surface area contributed by atoms with Crippen molar-refractivity contribution in [3.8, 4) is 0 Å². The maximum Gasteiger partial charge on any atom is 0.111 e. The van der Waals surface area contributed by atoms with Gasteiger partial charge in [-0.05, 0) is 23.3 Å². The van der Waals surface area contributed by atoms with Crippen LogP contribution in [-0.4, -0.2) is 23.9 Å². The average Bonchev–Trinajstić information content (AvgIpc) is 2.60. The van der Waals surface area contributed by atoms with Crippen LogP contribution in [0.3, 0.4) is 0 Å². The average molecular weight is 375 g/mol. The van der Waals surface area contributed by atoms with Gasteiger partial charge in [0.1, 0.15) is 18.3 Å². The topological polar surface area (TPSA) is 38.7 Å². The van der Waals surface area contributed by atoms with Crippen LogP contribution in [0, 0.1) is 0 Å². The van der Waals surface area contributed by atoms with Gasteiger partial charge in [0.05, 0.1) is 13.2 Å². The monoisotopic (exact) mass is 374 g/mol. The van der Waals surface area contributed by atoms with E-state index in [1.54, 1.807) is 0 Å². The summed E-state index contributed by atoms with van der Waals surface area (Å²) in [5.41, 5.74) is 2.15. The molecular weight excluding hydrogens is 356 g/mol. The lowest BCUT2D eigenvalue weighted by Crippen LogP contribution is -2.37. The van der Waals surface area contributed by atoms with Gasteiger partial charge < -0.3 is 14.6 Å². The molecule has 2 aromatic carbocycles. The van der Waals surface area contributed by atoms with Crippen LogP contribution in [-0.2, 0) is 16.1 Å². The number of benzene rings is 2. The fourth-order valence-electron chi connectivity index (χ4n) is 2.61. The molecule has 3 atom stereocenters. The third kappa shape index (κ3) is 4.30. The van der Waals surface area contributed by atoms with E-state index in [1.165, 1.54) is 0 Å². The molecule has 0 saturated carbocycles. The first-order valence-electron chi connectivity index (χ1n) is 7.62. The van der Waals surface area contributed by atoms with E-state index in [2.05, 4.69) is 15.9 Å². The Bertz CT molecular complexity index is 657. The molecule has 1 heterocycles. The molecular formula is C19H19BrO3. The maximum absolute atomic E-state index is 9.62. The SMILES string of the molecule is OC[C@H]1O[C@H](c2ccccc2)C=C[C@@H]1OCc1cccc(Br)c1. The molecule has 1 aliphatic heterocycles. The maximum atomic E-state index is 9.62. The van der Waals surface area contributed by atoms with Crippen LogP contribution < -0.4 is 0 Å². The molecule has 0 aromatic heterocycles. The van der Waals surface area contributed by atoms with E-state index in [0.717, 1.165) is 15.6 Å². The predicted octanol–water partition coefficient (Wildman–Crippen LogP) is 4.02. The summed E-state index contributed by atoms with van der Waals surface area (Å²) >= 11 is 3.45. The molecule has 3 rings (SSSR count). The van der Waals surface area contributed by atoms with E-state index >= 15 is 0 Å². The standard InChI is InChI=1S/C19H19BrO3/c20-16-8-4-5-14(11-16)13-22-18-10-9-17(23-19(18)12-21)15-6-2-1-3-7-15/h1-11,17-19,21H,12-13H2/t17-,18-,19+/m0/s1. The van der Waals surface area contributed by atoms with E-state index in [-0.39, 0.29) is 24.9 Å². The molecule has 0 spiro atoms. The van der Waals surface area contributed by atoms with Crippen molar-refractivity contribution >= 4 is 15.9 Å². The Morgan fingerprint density at radius 3 is 2.61 bits per heavy atom. The number of aliphatic hydroxyl groups excluding tert-OH is 1. The van der Waals surface area contributed by atoms with Gasteiger partial charge in [-0.25, -0.2) is 0 Å². The molecule has 3 nitrogen and oxygen atoms in total. The van der Waals surface area contributed by atoms with Crippen LogP contribution in [0.5, 0.6) is 0 Å². The molecule has 23 heavy (non-hydrogen) atoms.